The first-order chi connectivity index (χ1) is 5.93. The third-order valence-electron chi connectivity index (χ3n) is 1.98. The molecule has 0 radical (unpaired) electrons. The third-order valence-corrected chi connectivity index (χ3v) is 1.98. The number of rotatable bonds is 5. The molecule has 0 atom stereocenters. The highest BCUT2D eigenvalue weighted by atomic mass is 19.0. The Bertz CT molecular complexity index is 199. The van der Waals surface area contributed by atoms with E-state index in [2.05, 4.69) is 42.6 Å². The lowest BCUT2D eigenvalue weighted by molar-refractivity contribution is -0.670. The summed E-state index contributed by atoms with van der Waals surface area (Å²) < 4.78 is 0. The molecule has 2 heteroatoms. The maximum absolute atomic E-state index is 2.37. The van der Waals surface area contributed by atoms with Crippen LogP contribution in [0.4, 0.5) is 0 Å². The summed E-state index contributed by atoms with van der Waals surface area (Å²) in [4.78, 5) is 0. The van der Waals surface area contributed by atoms with Crippen LogP contribution in [0.25, 0.3) is 0 Å². The Morgan fingerprint density at radius 1 is 1.15 bits per heavy atom. The number of hydrogen-bond donors (Lipinski definition) is 1. The van der Waals surface area contributed by atoms with Crippen molar-refractivity contribution >= 4 is 0 Å². The van der Waals surface area contributed by atoms with Crippen LogP contribution in [0.2, 0.25) is 0 Å². The van der Waals surface area contributed by atoms with Crippen molar-refractivity contribution in [2.45, 2.75) is 26.3 Å². The van der Waals surface area contributed by atoms with Crippen LogP contribution in [0.15, 0.2) is 30.3 Å². The van der Waals surface area contributed by atoms with E-state index in [9.17, 15) is 0 Å². The molecule has 0 unspecified atom stereocenters. The van der Waals surface area contributed by atoms with Crippen LogP contribution in [0, 0.1) is 0 Å². The zero-order valence-corrected chi connectivity index (χ0v) is 8.17. The molecule has 0 aliphatic heterocycles. The SMILES string of the molecule is CCCC[NH2+]Cc1ccccc1.[F-]. The molecular weight excluding hydrogens is 165 g/mol. The highest BCUT2D eigenvalue weighted by molar-refractivity contribution is 5.12. The van der Waals surface area contributed by atoms with Crippen LogP contribution in [0.1, 0.15) is 25.3 Å². The minimum Gasteiger partial charge on any atom is -1.00 e. The van der Waals surface area contributed by atoms with Gasteiger partial charge in [-0.25, -0.2) is 0 Å². The van der Waals surface area contributed by atoms with E-state index in [0.717, 1.165) is 6.54 Å². The summed E-state index contributed by atoms with van der Waals surface area (Å²) in [6.07, 6.45) is 2.62. The normalized spacial score (nSPS) is 9.31. The van der Waals surface area contributed by atoms with Crippen LogP contribution in [-0.4, -0.2) is 6.54 Å². The van der Waals surface area contributed by atoms with E-state index in [1.165, 1.54) is 24.9 Å². The van der Waals surface area contributed by atoms with E-state index in [1.807, 2.05) is 0 Å². The first-order valence-electron chi connectivity index (χ1n) is 4.79. The van der Waals surface area contributed by atoms with Crippen molar-refractivity contribution < 1.29 is 10.0 Å². The molecule has 1 nitrogen and oxygen atoms in total. The Morgan fingerprint density at radius 2 is 1.85 bits per heavy atom. The quantitative estimate of drug-likeness (QED) is 0.538. The Morgan fingerprint density at radius 3 is 2.46 bits per heavy atom. The molecule has 2 N–H and O–H groups in total. The molecule has 13 heavy (non-hydrogen) atoms. The maximum Gasteiger partial charge on any atom is 0.101 e. The maximum atomic E-state index is 2.37. The second kappa shape index (κ2) is 7.74. The largest absolute Gasteiger partial charge is 1.00 e. The van der Waals surface area contributed by atoms with Gasteiger partial charge in [0.1, 0.15) is 6.54 Å². The van der Waals surface area contributed by atoms with E-state index in [1.54, 1.807) is 0 Å². The molecule has 0 heterocycles. The summed E-state index contributed by atoms with van der Waals surface area (Å²) >= 11 is 0. The molecule has 0 amide bonds. The van der Waals surface area contributed by atoms with Crippen molar-refractivity contribution in [3.63, 3.8) is 0 Å². The first-order valence-corrected chi connectivity index (χ1v) is 4.79. The molecule has 74 valence electrons. The topological polar surface area (TPSA) is 16.6 Å². The van der Waals surface area contributed by atoms with Gasteiger partial charge in [-0.05, 0) is 6.42 Å². The first kappa shape index (κ1) is 12.1. The van der Waals surface area contributed by atoms with E-state index < -0.39 is 0 Å². The Balaban J connectivity index is 0.00000144. The monoisotopic (exact) mass is 183 g/mol. The summed E-state index contributed by atoms with van der Waals surface area (Å²) in [5.74, 6) is 0. The minimum absolute atomic E-state index is 0. The lowest BCUT2D eigenvalue weighted by Gasteiger charge is -1.99. The standard InChI is InChI=1S/C11H17N.FH/c1-2-3-9-12-10-11-7-5-4-6-8-11;/h4-8,12H,2-3,9-10H2,1H3;1H. The van der Waals surface area contributed by atoms with Crippen molar-refractivity contribution in [3.8, 4) is 0 Å². The Labute approximate surface area is 79.5 Å². The zero-order chi connectivity index (χ0) is 8.65. The Kier molecular flexibility index (Phi) is 7.21. The average Bonchev–Trinajstić information content (AvgIpc) is 2.14. The smallest absolute Gasteiger partial charge is 0.101 e. The van der Waals surface area contributed by atoms with Gasteiger partial charge in [0.25, 0.3) is 0 Å². The van der Waals surface area contributed by atoms with Gasteiger partial charge in [0.05, 0.1) is 6.54 Å². The van der Waals surface area contributed by atoms with Gasteiger partial charge in [-0.3, -0.25) is 0 Å². The molecule has 0 aliphatic carbocycles. The van der Waals surface area contributed by atoms with Gasteiger partial charge in [0, 0.05) is 5.56 Å². The average molecular weight is 183 g/mol. The number of nitrogens with two attached hydrogens (primary N) is 1. The van der Waals surface area contributed by atoms with Crippen molar-refractivity contribution in [1.29, 1.82) is 0 Å². The van der Waals surface area contributed by atoms with Gasteiger partial charge < -0.3 is 10.0 Å². The number of hydrogen-bond acceptors (Lipinski definition) is 0. The van der Waals surface area contributed by atoms with Crippen LogP contribution >= 0.6 is 0 Å². The van der Waals surface area contributed by atoms with Crippen LogP contribution < -0.4 is 10.0 Å². The molecular formula is C11H18FN. The molecule has 0 bridgehead atoms. The second-order valence-electron chi connectivity index (χ2n) is 3.12. The lowest BCUT2D eigenvalue weighted by atomic mass is 10.2. The molecule has 1 aromatic carbocycles. The molecule has 0 spiro atoms. The van der Waals surface area contributed by atoms with E-state index >= 15 is 0 Å². The summed E-state index contributed by atoms with van der Waals surface area (Å²) in [7, 11) is 0. The van der Waals surface area contributed by atoms with E-state index in [4.69, 9.17) is 0 Å². The zero-order valence-electron chi connectivity index (χ0n) is 8.17. The Hall–Kier alpha value is -0.890. The fourth-order valence-corrected chi connectivity index (χ4v) is 1.23. The van der Waals surface area contributed by atoms with Crippen molar-refractivity contribution in [3.05, 3.63) is 35.9 Å². The molecule has 1 aromatic rings. The predicted molar refractivity (Wildman–Crippen MR) is 51.8 cm³/mol. The van der Waals surface area contributed by atoms with Crippen LogP contribution in [0.5, 0.6) is 0 Å². The molecule has 0 aliphatic rings. The minimum atomic E-state index is 0. The van der Waals surface area contributed by atoms with Crippen molar-refractivity contribution in [2.75, 3.05) is 6.54 Å². The third kappa shape index (κ3) is 5.36. The van der Waals surface area contributed by atoms with Gasteiger partial charge in [-0.15, -0.1) is 0 Å². The van der Waals surface area contributed by atoms with Crippen LogP contribution in [0.3, 0.4) is 0 Å². The van der Waals surface area contributed by atoms with Crippen molar-refractivity contribution in [2.24, 2.45) is 0 Å². The summed E-state index contributed by atoms with van der Waals surface area (Å²) in [5.41, 5.74) is 1.42. The summed E-state index contributed by atoms with van der Waals surface area (Å²) in [5, 5.41) is 2.37. The summed E-state index contributed by atoms with van der Waals surface area (Å²) in [6, 6.07) is 10.6. The highest BCUT2D eigenvalue weighted by Gasteiger charge is 1.92. The lowest BCUT2D eigenvalue weighted by Crippen LogP contribution is -3.00. The number of benzene rings is 1. The fourth-order valence-electron chi connectivity index (χ4n) is 1.23. The van der Waals surface area contributed by atoms with Gasteiger partial charge in [0.2, 0.25) is 0 Å². The second-order valence-corrected chi connectivity index (χ2v) is 3.12. The predicted octanol–water partition coefficient (Wildman–Crippen LogP) is -1.45. The van der Waals surface area contributed by atoms with Gasteiger partial charge in [-0.2, -0.15) is 0 Å². The highest BCUT2D eigenvalue weighted by Crippen LogP contribution is 1.94. The molecule has 0 fully saturated rings. The number of unbranched alkanes of at least 4 members (excludes halogenated alkanes) is 1. The van der Waals surface area contributed by atoms with Gasteiger partial charge in [-0.1, -0.05) is 43.7 Å². The van der Waals surface area contributed by atoms with E-state index in [0.29, 0.717) is 0 Å². The molecule has 0 saturated heterocycles. The molecule has 0 saturated carbocycles. The number of halogens is 1. The molecule has 0 aromatic heterocycles. The van der Waals surface area contributed by atoms with Gasteiger partial charge >= 0.3 is 0 Å². The summed E-state index contributed by atoms with van der Waals surface area (Å²) in [6.45, 7) is 4.61. The van der Waals surface area contributed by atoms with Crippen molar-refractivity contribution in [1.82, 2.24) is 0 Å². The van der Waals surface area contributed by atoms with Gasteiger partial charge in [0.15, 0.2) is 0 Å². The molecule has 1 rings (SSSR count). The van der Waals surface area contributed by atoms with E-state index in [-0.39, 0.29) is 4.70 Å². The number of quaternary nitrogens is 1. The fraction of sp³-hybridized carbons (Fsp3) is 0.455. The van der Waals surface area contributed by atoms with Crippen LogP contribution in [-0.2, 0) is 6.54 Å².